The molecule has 1 N–H and O–H groups in total. The fraction of sp³-hybridized carbons (Fsp3) is 0.350. The molecule has 0 bridgehead atoms. The third-order valence-corrected chi connectivity index (χ3v) is 6.82. The summed E-state index contributed by atoms with van der Waals surface area (Å²) >= 11 is 5.86. The minimum atomic E-state index is -3.51. The van der Waals surface area contributed by atoms with Gasteiger partial charge >= 0.3 is 0 Å². The lowest BCUT2D eigenvalue weighted by atomic mass is 9.98. The van der Waals surface area contributed by atoms with E-state index < -0.39 is 10.0 Å². The third-order valence-electron chi connectivity index (χ3n) is 4.75. The Bertz CT molecular complexity index is 931. The van der Waals surface area contributed by atoms with Crippen LogP contribution in [-0.4, -0.2) is 38.8 Å². The lowest BCUT2D eigenvalue weighted by molar-refractivity contribution is -0.120. The molecule has 1 amide bonds. The molecule has 8 heteroatoms. The molecule has 0 radical (unpaired) electrons. The zero-order chi connectivity index (χ0) is 20.1. The van der Waals surface area contributed by atoms with Crippen molar-refractivity contribution in [3.05, 3.63) is 59.1 Å². The van der Waals surface area contributed by atoms with Crippen LogP contribution in [0.3, 0.4) is 0 Å². The highest BCUT2D eigenvalue weighted by Gasteiger charge is 2.32. The van der Waals surface area contributed by atoms with Crippen molar-refractivity contribution in [3.8, 4) is 5.75 Å². The molecule has 1 aliphatic heterocycles. The van der Waals surface area contributed by atoms with Gasteiger partial charge in [-0.2, -0.15) is 0 Å². The van der Waals surface area contributed by atoms with Gasteiger partial charge in [0.25, 0.3) is 0 Å². The van der Waals surface area contributed by atoms with E-state index in [-0.39, 0.29) is 24.1 Å². The second-order valence-electron chi connectivity index (χ2n) is 6.80. The van der Waals surface area contributed by atoms with Gasteiger partial charge in [0.15, 0.2) is 0 Å². The average Bonchev–Trinajstić information content (AvgIpc) is 2.70. The number of carbonyl (C=O) groups is 1. The maximum absolute atomic E-state index is 12.8. The number of ether oxygens (including phenoxy) is 1. The number of hydrogen-bond donors (Lipinski definition) is 1. The van der Waals surface area contributed by atoms with E-state index in [2.05, 4.69) is 5.32 Å². The molecule has 1 heterocycles. The predicted octanol–water partition coefficient (Wildman–Crippen LogP) is 3.53. The molecule has 1 aliphatic rings. The first-order valence-corrected chi connectivity index (χ1v) is 11.0. The van der Waals surface area contributed by atoms with Crippen LogP contribution in [-0.2, 0) is 20.6 Å². The number of anilines is 1. The van der Waals surface area contributed by atoms with Crippen molar-refractivity contribution in [3.63, 3.8) is 0 Å². The van der Waals surface area contributed by atoms with Crippen LogP contribution in [0.15, 0.2) is 48.5 Å². The Kier molecular flexibility index (Phi) is 6.59. The summed E-state index contributed by atoms with van der Waals surface area (Å²) in [5, 5.41) is 3.42. The maximum Gasteiger partial charge on any atom is 0.228 e. The molecule has 1 saturated heterocycles. The standard InChI is InChI=1S/C20H23ClN2O4S/c1-27-19-6-2-5-18(12-19)22-20(24)16-4-3-11-23(13-16)28(25,26)14-15-7-9-17(21)10-8-15/h2,5-10,12,16H,3-4,11,13-14H2,1H3,(H,22,24)/t16-/m1/s1. The second-order valence-corrected chi connectivity index (χ2v) is 9.21. The van der Waals surface area contributed by atoms with Crippen molar-refractivity contribution in [2.75, 3.05) is 25.5 Å². The summed E-state index contributed by atoms with van der Waals surface area (Å²) in [6.07, 6.45) is 1.30. The van der Waals surface area contributed by atoms with Crippen LogP contribution in [0.1, 0.15) is 18.4 Å². The van der Waals surface area contributed by atoms with Gasteiger partial charge in [-0.15, -0.1) is 0 Å². The fourth-order valence-corrected chi connectivity index (χ4v) is 4.97. The molecular formula is C20H23ClN2O4S. The molecular weight excluding hydrogens is 400 g/mol. The molecule has 0 aromatic heterocycles. The van der Waals surface area contributed by atoms with E-state index in [0.29, 0.717) is 41.4 Å². The summed E-state index contributed by atoms with van der Waals surface area (Å²) in [6.45, 7) is 0.616. The van der Waals surface area contributed by atoms with Crippen LogP contribution >= 0.6 is 11.6 Å². The first-order valence-electron chi connectivity index (χ1n) is 9.04. The van der Waals surface area contributed by atoms with Crippen molar-refractivity contribution in [2.45, 2.75) is 18.6 Å². The normalized spacial score (nSPS) is 17.9. The van der Waals surface area contributed by atoms with Crippen LogP contribution in [0.4, 0.5) is 5.69 Å². The summed E-state index contributed by atoms with van der Waals surface area (Å²) in [5.74, 6) is -0.0257. The van der Waals surface area contributed by atoms with E-state index in [9.17, 15) is 13.2 Å². The molecule has 1 atom stereocenters. The Morgan fingerprint density at radius 2 is 2.00 bits per heavy atom. The van der Waals surface area contributed by atoms with Gasteiger partial charge in [0.2, 0.25) is 15.9 Å². The topological polar surface area (TPSA) is 75.7 Å². The van der Waals surface area contributed by atoms with Crippen molar-refractivity contribution in [1.29, 1.82) is 0 Å². The van der Waals surface area contributed by atoms with Crippen LogP contribution in [0.2, 0.25) is 5.02 Å². The Morgan fingerprint density at radius 1 is 1.25 bits per heavy atom. The van der Waals surface area contributed by atoms with E-state index in [1.165, 1.54) is 4.31 Å². The molecule has 0 spiro atoms. The quantitative estimate of drug-likeness (QED) is 0.772. The minimum Gasteiger partial charge on any atom is -0.497 e. The minimum absolute atomic E-state index is 0.103. The van der Waals surface area contributed by atoms with Crippen molar-refractivity contribution in [1.82, 2.24) is 4.31 Å². The lowest BCUT2D eigenvalue weighted by Crippen LogP contribution is -2.44. The molecule has 2 aromatic carbocycles. The summed E-state index contributed by atoms with van der Waals surface area (Å²) in [5.41, 5.74) is 1.30. The smallest absolute Gasteiger partial charge is 0.228 e. The van der Waals surface area contributed by atoms with Crippen molar-refractivity contribution >= 4 is 33.2 Å². The molecule has 1 fully saturated rings. The number of amides is 1. The number of rotatable bonds is 6. The number of benzene rings is 2. The first-order chi connectivity index (χ1) is 13.4. The van der Waals surface area contributed by atoms with Gasteiger partial charge in [0, 0.05) is 29.9 Å². The van der Waals surface area contributed by atoms with Gasteiger partial charge in [-0.05, 0) is 42.7 Å². The van der Waals surface area contributed by atoms with Crippen LogP contribution < -0.4 is 10.1 Å². The highest BCUT2D eigenvalue weighted by molar-refractivity contribution is 7.88. The third kappa shape index (κ3) is 5.25. The largest absolute Gasteiger partial charge is 0.497 e. The zero-order valence-corrected chi connectivity index (χ0v) is 17.2. The highest BCUT2D eigenvalue weighted by atomic mass is 35.5. The molecule has 150 valence electrons. The summed E-state index contributed by atoms with van der Waals surface area (Å²) < 4.78 is 32.2. The Balaban J connectivity index is 1.65. The number of methoxy groups -OCH3 is 1. The summed E-state index contributed by atoms with van der Waals surface area (Å²) in [6, 6.07) is 13.8. The summed E-state index contributed by atoms with van der Waals surface area (Å²) in [4.78, 5) is 12.6. The van der Waals surface area contributed by atoms with Gasteiger partial charge in [-0.3, -0.25) is 4.79 Å². The van der Waals surface area contributed by atoms with Crippen molar-refractivity contribution in [2.24, 2.45) is 5.92 Å². The van der Waals surface area contributed by atoms with Gasteiger partial charge in [-0.25, -0.2) is 12.7 Å². The SMILES string of the molecule is COc1cccc(NC(=O)[C@@H]2CCCN(S(=O)(=O)Cc3ccc(Cl)cc3)C2)c1. The van der Waals surface area contributed by atoms with Crippen LogP contribution in [0, 0.1) is 5.92 Å². The number of halogens is 1. The molecule has 3 rings (SSSR count). The highest BCUT2D eigenvalue weighted by Crippen LogP contribution is 2.24. The number of nitrogens with zero attached hydrogens (tertiary/aromatic N) is 1. The van der Waals surface area contributed by atoms with Gasteiger partial charge in [-0.1, -0.05) is 29.8 Å². The number of nitrogens with one attached hydrogen (secondary N) is 1. The van der Waals surface area contributed by atoms with E-state index in [1.807, 2.05) is 0 Å². The molecule has 2 aromatic rings. The monoisotopic (exact) mass is 422 g/mol. The number of carbonyl (C=O) groups excluding carboxylic acids is 1. The van der Waals surface area contributed by atoms with E-state index >= 15 is 0 Å². The van der Waals surface area contributed by atoms with E-state index in [0.717, 1.165) is 0 Å². The maximum atomic E-state index is 12.8. The van der Waals surface area contributed by atoms with E-state index in [4.69, 9.17) is 16.3 Å². The average molecular weight is 423 g/mol. The fourth-order valence-electron chi connectivity index (χ4n) is 3.24. The Labute approximate surface area is 170 Å². The second kappa shape index (κ2) is 8.94. The molecule has 6 nitrogen and oxygen atoms in total. The first kappa shape index (κ1) is 20.6. The van der Waals surface area contributed by atoms with Crippen LogP contribution in [0.25, 0.3) is 0 Å². The number of piperidine rings is 1. The Morgan fingerprint density at radius 3 is 2.71 bits per heavy atom. The summed E-state index contributed by atoms with van der Waals surface area (Å²) in [7, 11) is -1.95. The molecule has 0 aliphatic carbocycles. The number of sulfonamides is 1. The van der Waals surface area contributed by atoms with Crippen molar-refractivity contribution < 1.29 is 17.9 Å². The molecule has 28 heavy (non-hydrogen) atoms. The van der Waals surface area contributed by atoms with Crippen LogP contribution in [0.5, 0.6) is 5.75 Å². The Hall–Kier alpha value is -2.09. The van der Waals surface area contributed by atoms with Gasteiger partial charge in [0.1, 0.15) is 5.75 Å². The zero-order valence-electron chi connectivity index (χ0n) is 15.6. The molecule has 0 saturated carbocycles. The number of hydrogen-bond acceptors (Lipinski definition) is 4. The predicted molar refractivity (Wildman–Crippen MR) is 110 cm³/mol. The van der Waals surface area contributed by atoms with Gasteiger partial charge in [0.05, 0.1) is 18.8 Å². The van der Waals surface area contributed by atoms with Gasteiger partial charge < -0.3 is 10.1 Å². The lowest BCUT2D eigenvalue weighted by Gasteiger charge is -2.31. The van der Waals surface area contributed by atoms with E-state index in [1.54, 1.807) is 55.6 Å². The molecule has 0 unspecified atom stereocenters.